The summed E-state index contributed by atoms with van der Waals surface area (Å²) in [7, 11) is 0. The van der Waals surface area contributed by atoms with E-state index in [1.54, 1.807) is 18.5 Å². The van der Waals surface area contributed by atoms with Crippen molar-refractivity contribution in [2.24, 2.45) is 0 Å². The minimum Gasteiger partial charge on any atom is -0.428 e. The van der Waals surface area contributed by atoms with E-state index >= 15 is 0 Å². The fourth-order valence-corrected chi connectivity index (χ4v) is 2.11. The number of halogens is 1. The van der Waals surface area contributed by atoms with Crippen molar-refractivity contribution in [1.82, 2.24) is 20.5 Å². The number of ether oxygens (including phenoxy) is 1. The van der Waals surface area contributed by atoms with Crippen molar-refractivity contribution in [1.29, 1.82) is 0 Å². The quantitative estimate of drug-likeness (QED) is 0.827. The zero-order valence-corrected chi connectivity index (χ0v) is 11.5. The zero-order chi connectivity index (χ0) is 12.8. The average Bonchev–Trinajstić information content (AvgIpc) is 2.77. The summed E-state index contributed by atoms with van der Waals surface area (Å²) < 4.78 is 5.52. The normalized spacial score (nSPS) is 10.6. The van der Waals surface area contributed by atoms with E-state index in [0.29, 0.717) is 22.5 Å². The third kappa shape index (κ3) is 3.90. The molecule has 7 heteroatoms. The van der Waals surface area contributed by atoms with Gasteiger partial charge in [-0.15, -0.1) is 5.10 Å². The maximum atomic E-state index is 5.82. The molecule has 2 heterocycles. The minimum absolute atomic E-state index is 0.493. The van der Waals surface area contributed by atoms with Crippen LogP contribution in [0.2, 0.25) is 5.02 Å². The third-order valence-electron chi connectivity index (χ3n) is 2.04. The van der Waals surface area contributed by atoms with Gasteiger partial charge in [-0.25, -0.2) is 0 Å². The molecule has 0 fully saturated rings. The first-order valence-corrected chi connectivity index (χ1v) is 6.79. The van der Waals surface area contributed by atoms with Gasteiger partial charge in [0.2, 0.25) is 0 Å². The molecule has 1 N–H and O–H groups in total. The molecule has 0 atom stereocenters. The maximum Gasteiger partial charge on any atom is 0.299 e. The molecule has 0 aliphatic rings. The number of pyridine rings is 1. The Balaban J connectivity index is 1.94. The van der Waals surface area contributed by atoms with E-state index in [1.165, 1.54) is 11.3 Å². The van der Waals surface area contributed by atoms with E-state index in [4.69, 9.17) is 16.3 Å². The maximum absolute atomic E-state index is 5.82. The largest absolute Gasteiger partial charge is 0.428 e. The molecule has 2 aromatic rings. The fourth-order valence-electron chi connectivity index (χ4n) is 1.27. The molecular weight excluding hydrogens is 272 g/mol. The Kier molecular flexibility index (Phi) is 4.86. The number of nitrogens with one attached hydrogen (secondary N) is 1. The third-order valence-corrected chi connectivity index (χ3v) is 3.04. The van der Waals surface area contributed by atoms with Gasteiger partial charge in [0.15, 0.2) is 0 Å². The number of rotatable bonds is 6. The van der Waals surface area contributed by atoms with Crippen LogP contribution in [0.5, 0.6) is 10.9 Å². The van der Waals surface area contributed by atoms with Gasteiger partial charge in [-0.3, -0.25) is 4.98 Å². The fraction of sp³-hybridized carbons (Fsp3) is 0.364. The second-order valence-electron chi connectivity index (χ2n) is 3.58. The second kappa shape index (κ2) is 6.63. The Labute approximate surface area is 114 Å². The Bertz CT molecular complexity index is 505. The molecule has 0 radical (unpaired) electrons. The molecule has 2 rings (SSSR count). The van der Waals surface area contributed by atoms with Gasteiger partial charge in [-0.1, -0.05) is 35.0 Å². The highest BCUT2D eigenvalue weighted by atomic mass is 35.5. The van der Waals surface area contributed by atoms with Crippen LogP contribution < -0.4 is 10.1 Å². The van der Waals surface area contributed by atoms with Gasteiger partial charge < -0.3 is 10.1 Å². The molecule has 0 saturated carbocycles. The Hall–Kier alpha value is -1.24. The lowest BCUT2D eigenvalue weighted by Gasteiger charge is -1.99. The molecule has 0 aliphatic carbocycles. The van der Waals surface area contributed by atoms with Crippen LogP contribution in [0.1, 0.15) is 18.4 Å². The van der Waals surface area contributed by atoms with Crippen LogP contribution in [0.3, 0.4) is 0 Å². The highest BCUT2D eigenvalue weighted by Gasteiger charge is 2.06. The molecule has 0 unspecified atom stereocenters. The predicted molar refractivity (Wildman–Crippen MR) is 71.2 cm³/mol. The van der Waals surface area contributed by atoms with Gasteiger partial charge >= 0.3 is 0 Å². The van der Waals surface area contributed by atoms with Crippen LogP contribution in [0.25, 0.3) is 0 Å². The molecule has 96 valence electrons. The van der Waals surface area contributed by atoms with E-state index in [9.17, 15) is 0 Å². The van der Waals surface area contributed by atoms with Gasteiger partial charge in [-0.05, 0) is 13.0 Å². The summed E-state index contributed by atoms with van der Waals surface area (Å²) in [5, 5.41) is 13.2. The van der Waals surface area contributed by atoms with Crippen LogP contribution in [-0.2, 0) is 6.54 Å². The van der Waals surface area contributed by atoms with Crippen LogP contribution in [-0.4, -0.2) is 21.7 Å². The van der Waals surface area contributed by atoms with E-state index in [1.807, 2.05) is 0 Å². The lowest BCUT2D eigenvalue weighted by Crippen LogP contribution is -2.13. The lowest BCUT2D eigenvalue weighted by atomic mass is 10.5. The van der Waals surface area contributed by atoms with Gasteiger partial charge in [0, 0.05) is 18.8 Å². The number of aromatic nitrogens is 3. The molecule has 0 aromatic carbocycles. The molecule has 0 spiro atoms. The first-order valence-electron chi connectivity index (χ1n) is 5.59. The van der Waals surface area contributed by atoms with Gasteiger partial charge in [0.1, 0.15) is 10.8 Å². The summed E-state index contributed by atoms with van der Waals surface area (Å²) in [5.74, 6) is 0.562. The average molecular weight is 285 g/mol. The summed E-state index contributed by atoms with van der Waals surface area (Å²) in [6.07, 6.45) is 4.23. The summed E-state index contributed by atoms with van der Waals surface area (Å²) in [5.41, 5.74) is 0. The summed E-state index contributed by atoms with van der Waals surface area (Å²) in [4.78, 5) is 3.94. The van der Waals surface area contributed by atoms with Crippen molar-refractivity contribution < 1.29 is 4.74 Å². The van der Waals surface area contributed by atoms with E-state index in [-0.39, 0.29) is 0 Å². The van der Waals surface area contributed by atoms with Crippen LogP contribution in [0.4, 0.5) is 0 Å². The monoisotopic (exact) mass is 284 g/mol. The molecule has 18 heavy (non-hydrogen) atoms. The Morgan fingerprint density at radius 1 is 1.39 bits per heavy atom. The molecular formula is C11H13ClN4OS. The minimum atomic E-state index is 0.493. The van der Waals surface area contributed by atoms with Crippen LogP contribution in [0, 0.1) is 0 Å². The van der Waals surface area contributed by atoms with Crippen molar-refractivity contribution in [2.45, 2.75) is 19.9 Å². The number of hydrogen-bond donors (Lipinski definition) is 1. The van der Waals surface area contributed by atoms with Crippen molar-refractivity contribution in [2.75, 3.05) is 6.54 Å². The lowest BCUT2D eigenvalue weighted by molar-refractivity contribution is 0.470. The molecule has 5 nitrogen and oxygen atoms in total. The van der Waals surface area contributed by atoms with Gasteiger partial charge in [0.05, 0.1) is 11.2 Å². The highest BCUT2D eigenvalue weighted by molar-refractivity contribution is 7.13. The first-order chi connectivity index (χ1) is 8.78. The summed E-state index contributed by atoms with van der Waals surface area (Å²) in [6.45, 7) is 3.80. The standard InChI is InChI=1S/C11H13ClN4OS/c1-2-3-13-7-10-15-16-11(18-10)17-9-4-8(12)5-14-6-9/h4-6,13H,2-3,7H2,1H3. The van der Waals surface area contributed by atoms with E-state index in [0.717, 1.165) is 18.0 Å². The predicted octanol–water partition coefficient (Wildman–Crippen LogP) is 2.88. The molecule has 0 amide bonds. The van der Waals surface area contributed by atoms with Crippen molar-refractivity contribution in [3.63, 3.8) is 0 Å². The SMILES string of the molecule is CCCNCc1nnc(Oc2cncc(Cl)c2)s1. The second-order valence-corrected chi connectivity index (χ2v) is 5.04. The van der Waals surface area contributed by atoms with Crippen LogP contribution >= 0.6 is 22.9 Å². The van der Waals surface area contributed by atoms with Crippen LogP contribution in [0.15, 0.2) is 18.5 Å². The van der Waals surface area contributed by atoms with Crippen molar-refractivity contribution >= 4 is 22.9 Å². The Morgan fingerprint density at radius 3 is 3.06 bits per heavy atom. The number of hydrogen-bond acceptors (Lipinski definition) is 6. The molecule has 0 saturated heterocycles. The first kappa shape index (κ1) is 13.2. The smallest absolute Gasteiger partial charge is 0.299 e. The van der Waals surface area contributed by atoms with Crippen molar-refractivity contribution in [3.05, 3.63) is 28.5 Å². The Morgan fingerprint density at radius 2 is 2.28 bits per heavy atom. The molecule has 2 aromatic heterocycles. The van der Waals surface area contributed by atoms with E-state index < -0.39 is 0 Å². The van der Waals surface area contributed by atoms with Gasteiger partial charge in [0.25, 0.3) is 5.19 Å². The molecule has 0 bridgehead atoms. The van der Waals surface area contributed by atoms with Crippen molar-refractivity contribution in [3.8, 4) is 10.9 Å². The highest BCUT2D eigenvalue weighted by Crippen LogP contribution is 2.25. The summed E-state index contributed by atoms with van der Waals surface area (Å²) >= 11 is 7.22. The van der Waals surface area contributed by atoms with Gasteiger partial charge in [-0.2, -0.15) is 0 Å². The summed E-state index contributed by atoms with van der Waals surface area (Å²) in [6, 6.07) is 1.69. The number of nitrogens with zero attached hydrogens (tertiary/aromatic N) is 3. The molecule has 0 aliphatic heterocycles. The topological polar surface area (TPSA) is 59.9 Å². The zero-order valence-electron chi connectivity index (χ0n) is 9.89. The van der Waals surface area contributed by atoms with E-state index in [2.05, 4.69) is 27.4 Å².